The van der Waals surface area contributed by atoms with Crippen LogP contribution in [-0.2, 0) is 0 Å². The molecule has 0 bridgehead atoms. The molecule has 1 atom stereocenters. The van der Waals surface area contributed by atoms with Crippen molar-refractivity contribution in [2.45, 2.75) is 33.2 Å². The third-order valence-corrected chi connectivity index (χ3v) is 2.64. The molecule has 0 saturated carbocycles. The van der Waals surface area contributed by atoms with E-state index in [9.17, 15) is 4.79 Å². The molecule has 1 rings (SSSR count). The summed E-state index contributed by atoms with van der Waals surface area (Å²) in [6, 6.07) is 7.17. The number of carbonyl (C=O) groups excluding carboxylic acids is 1. The minimum Gasteiger partial charge on any atom is -0.336 e. The highest BCUT2D eigenvalue weighted by molar-refractivity contribution is 5.94. The summed E-state index contributed by atoms with van der Waals surface area (Å²) in [5, 5.41) is 11.4. The Kier molecular flexibility index (Phi) is 4.07. The van der Waals surface area contributed by atoms with Crippen molar-refractivity contribution in [3.63, 3.8) is 0 Å². The number of benzene rings is 1. The first-order valence-corrected chi connectivity index (χ1v) is 5.36. The summed E-state index contributed by atoms with van der Waals surface area (Å²) < 4.78 is 0. The predicted molar refractivity (Wildman–Crippen MR) is 63.1 cm³/mol. The molecule has 84 valence electrons. The molecule has 0 aromatic heterocycles. The van der Waals surface area contributed by atoms with E-state index in [1.54, 1.807) is 6.07 Å². The van der Waals surface area contributed by atoms with Crippen molar-refractivity contribution in [2.75, 3.05) is 0 Å². The number of nitrogens with zero attached hydrogens (tertiary/aromatic N) is 1. The molecule has 3 nitrogen and oxygen atoms in total. The molecule has 0 radical (unpaired) electrons. The molecule has 3 heteroatoms. The van der Waals surface area contributed by atoms with E-state index in [-0.39, 0.29) is 5.91 Å². The maximum atomic E-state index is 11.8. The summed E-state index contributed by atoms with van der Waals surface area (Å²) in [6.45, 7) is 5.84. The van der Waals surface area contributed by atoms with E-state index in [1.807, 2.05) is 39.0 Å². The van der Waals surface area contributed by atoms with E-state index in [0.717, 1.165) is 11.1 Å². The number of hydrogen-bond donors (Lipinski definition) is 1. The average molecular weight is 216 g/mol. The largest absolute Gasteiger partial charge is 0.336 e. The van der Waals surface area contributed by atoms with Crippen LogP contribution >= 0.6 is 0 Å². The fourth-order valence-corrected chi connectivity index (χ4v) is 1.35. The van der Waals surface area contributed by atoms with Gasteiger partial charge in [0.05, 0.1) is 6.07 Å². The van der Waals surface area contributed by atoms with Gasteiger partial charge in [0.25, 0.3) is 5.91 Å². The number of aryl methyl sites for hydroxylation is 2. The second-order valence-corrected chi connectivity index (χ2v) is 3.86. The lowest BCUT2D eigenvalue weighted by Crippen LogP contribution is -2.33. The Balaban J connectivity index is 2.81. The van der Waals surface area contributed by atoms with Gasteiger partial charge in [0, 0.05) is 5.56 Å². The van der Waals surface area contributed by atoms with E-state index in [4.69, 9.17) is 5.26 Å². The molecule has 0 heterocycles. The van der Waals surface area contributed by atoms with Crippen LogP contribution in [0.5, 0.6) is 0 Å². The maximum Gasteiger partial charge on any atom is 0.252 e. The van der Waals surface area contributed by atoms with Gasteiger partial charge >= 0.3 is 0 Å². The van der Waals surface area contributed by atoms with Crippen LogP contribution < -0.4 is 5.32 Å². The van der Waals surface area contributed by atoms with Crippen LogP contribution in [0.25, 0.3) is 0 Å². The van der Waals surface area contributed by atoms with Gasteiger partial charge in [0.1, 0.15) is 6.04 Å². The normalized spacial score (nSPS) is 11.6. The number of nitrogens with one attached hydrogen (secondary N) is 1. The van der Waals surface area contributed by atoms with E-state index in [1.165, 1.54) is 0 Å². The highest BCUT2D eigenvalue weighted by Crippen LogP contribution is 2.09. The number of hydrogen-bond acceptors (Lipinski definition) is 2. The highest BCUT2D eigenvalue weighted by atomic mass is 16.1. The first kappa shape index (κ1) is 12.3. The van der Waals surface area contributed by atoms with Gasteiger partial charge in [-0.2, -0.15) is 5.26 Å². The number of nitriles is 1. The average Bonchev–Trinajstić information content (AvgIpc) is 2.29. The van der Waals surface area contributed by atoms with Crippen LogP contribution in [0, 0.1) is 25.2 Å². The van der Waals surface area contributed by atoms with Gasteiger partial charge in [-0.05, 0) is 43.5 Å². The molecule has 1 aromatic rings. The number of carbonyl (C=O) groups is 1. The van der Waals surface area contributed by atoms with Crippen LogP contribution in [-0.4, -0.2) is 11.9 Å². The Hall–Kier alpha value is -1.82. The Morgan fingerprint density at radius 2 is 2.12 bits per heavy atom. The Labute approximate surface area is 96.1 Å². The molecule has 0 spiro atoms. The molecular weight excluding hydrogens is 200 g/mol. The monoisotopic (exact) mass is 216 g/mol. The minimum absolute atomic E-state index is 0.184. The first-order chi connectivity index (χ1) is 7.58. The second kappa shape index (κ2) is 5.32. The molecule has 0 aliphatic rings. The molecule has 1 aromatic carbocycles. The van der Waals surface area contributed by atoms with Crippen LogP contribution in [0.3, 0.4) is 0 Å². The van der Waals surface area contributed by atoms with Crippen LogP contribution in [0.4, 0.5) is 0 Å². The topological polar surface area (TPSA) is 52.9 Å². The minimum atomic E-state index is -0.408. The zero-order chi connectivity index (χ0) is 12.1. The SMILES string of the molecule is CCC(C#N)NC(=O)c1ccc(C)c(C)c1. The molecule has 0 fully saturated rings. The van der Waals surface area contributed by atoms with Crippen molar-refractivity contribution in [3.8, 4) is 6.07 Å². The summed E-state index contributed by atoms with van der Waals surface area (Å²) in [5.41, 5.74) is 2.85. The summed E-state index contributed by atoms with van der Waals surface area (Å²) in [7, 11) is 0. The van der Waals surface area contributed by atoms with E-state index in [2.05, 4.69) is 5.32 Å². The Bertz CT molecular complexity index is 432. The molecule has 0 aliphatic heterocycles. The second-order valence-electron chi connectivity index (χ2n) is 3.86. The van der Waals surface area contributed by atoms with Crippen molar-refractivity contribution in [1.29, 1.82) is 5.26 Å². The van der Waals surface area contributed by atoms with E-state index in [0.29, 0.717) is 12.0 Å². The predicted octanol–water partition coefficient (Wildman–Crippen LogP) is 2.34. The van der Waals surface area contributed by atoms with E-state index < -0.39 is 6.04 Å². The fourth-order valence-electron chi connectivity index (χ4n) is 1.35. The van der Waals surface area contributed by atoms with Gasteiger partial charge in [-0.25, -0.2) is 0 Å². The maximum absolute atomic E-state index is 11.8. The molecular formula is C13H16N2O. The van der Waals surface area contributed by atoms with Crippen LogP contribution in [0.1, 0.15) is 34.8 Å². The van der Waals surface area contributed by atoms with Crippen LogP contribution in [0.2, 0.25) is 0 Å². The third kappa shape index (κ3) is 2.83. The Morgan fingerprint density at radius 1 is 1.44 bits per heavy atom. The lowest BCUT2D eigenvalue weighted by molar-refractivity contribution is 0.0944. The van der Waals surface area contributed by atoms with Crippen molar-refractivity contribution < 1.29 is 4.79 Å². The molecule has 1 amide bonds. The zero-order valence-electron chi connectivity index (χ0n) is 9.87. The van der Waals surface area contributed by atoms with Crippen LogP contribution in [0.15, 0.2) is 18.2 Å². The summed E-state index contributed by atoms with van der Waals surface area (Å²) >= 11 is 0. The van der Waals surface area contributed by atoms with Gasteiger partial charge in [0.2, 0.25) is 0 Å². The van der Waals surface area contributed by atoms with Crippen molar-refractivity contribution >= 4 is 5.91 Å². The van der Waals surface area contributed by atoms with Gasteiger partial charge in [-0.15, -0.1) is 0 Å². The van der Waals surface area contributed by atoms with Crippen molar-refractivity contribution in [2.24, 2.45) is 0 Å². The molecule has 16 heavy (non-hydrogen) atoms. The lowest BCUT2D eigenvalue weighted by Gasteiger charge is -2.10. The van der Waals surface area contributed by atoms with Gasteiger partial charge in [0.15, 0.2) is 0 Å². The molecule has 0 saturated heterocycles. The van der Waals surface area contributed by atoms with Gasteiger partial charge < -0.3 is 5.32 Å². The quantitative estimate of drug-likeness (QED) is 0.843. The van der Waals surface area contributed by atoms with Gasteiger partial charge in [-0.1, -0.05) is 13.0 Å². The standard InChI is InChI=1S/C13H16N2O/c1-4-12(8-14)15-13(16)11-6-5-9(2)10(3)7-11/h5-7,12H,4H2,1-3H3,(H,15,16). The lowest BCUT2D eigenvalue weighted by atomic mass is 10.1. The van der Waals surface area contributed by atoms with Crippen molar-refractivity contribution in [1.82, 2.24) is 5.32 Å². The fraction of sp³-hybridized carbons (Fsp3) is 0.385. The highest BCUT2D eigenvalue weighted by Gasteiger charge is 2.11. The first-order valence-electron chi connectivity index (χ1n) is 5.36. The molecule has 1 unspecified atom stereocenters. The zero-order valence-corrected chi connectivity index (χ0v) is 9.87. The third-order valence-electron chi connectivity index (χ3n) is 2.64. The van der Waals surface area contributed by atoms with Gasteiger partial charge in [-0.3, -0.25) is 4.79 Å². The smallest absolute Gasteiger partial charge is 0.252 e. The van der Waals surface area contributed by atoms with Crippen molar-refractivity contribution in [3.05, 3.63) is 34.9 Å². The van der Waals surface area contributed by atoms with E-state index >= 15 is 0 Å². The molecule has 0 aliphatic carbocycles. The molecule has 1 N–H and O–H groups in total. The number of amides is 1. The summed E-state index contributed by atoms with van der Waals surface area (Å²) in [5.74, 6) is -0.184. The number of rotatable bonds is 3. The summed E-state index contributed by atoms with van der Waals surface area (Å²) in [4.78, 5) is 11.8. The summed E-state index contributed by atoms with van der Waals surface area (Å²) in [6.07, 6.45) is 0.618. The Morgan fingerprint density at radius 3 is 2.62 bits per heavy atom.